The van der Waals surface area contributed by atoms with Crippen LogP contribution in [0.3, 0.4) is 0 Å². The van der Waals surface area contributed by atoms with Gasteiger partial charge in [-0.2, -0.15) is 0 Å². The number of hydrogen-bond acceptors (Lipinski definition) is 6. The lowest BCUT2D eigenvalue weighted by Crippen LogP contribution is -2.71. The predicted molar refractivity (Wildman–Crippen MR) is 97.9 cm³/mol. The molecule has 0 radical (unpaired) electrons. The van der Waals surface area contributed by atoms with Crippen LogP contribution in [0.2, 0.25) is 0 Å². The minimum absolute atomic E-state index is 0. The summed E-state index contributed by atoms with van der Waals surface area (Å²) in [4.78, 5) is 37.5. The van der Waals surface area contributed by atoms with Gasteiger partial charge in [0.05, 0.1) is 0 Å². The van der Waals surface area contributed by atoms with Crippen molar-refractivity contribution in [3.8, 4) is 5.75 Å². The fourth-order valence-corrected chi connectivity index (χ4v) is 4.85. The first-order valence-corrected chi connectivity index (χ1v) is 8.59. The molecule has 2 aliphatic rings. The van der Waals surface area contributed by atoms with Crippen molar-refractivity contribution < 1.29 is 24.6 Å². The van der Waals surface area contributed by atoms with Crippen LogP contribution < -0.4 is 11.1 Å². The summed E-state index contributed by atoms with van der Waals surface area (Å²) in [6.07, 6.45) is 0. The standard InChI is InChI=1S/C16H19N3O5S.ClH/c1-16(2)11(15(23)24)19-13(22)10(14(19)25-16)18-12(21)9(17)7-3-5-8(20)6-4-7;/h3-6,9-11,14,20H,17H2,1-2H3,(H,18,21)(H,23,24);1H/t9-,10-,11+,14-;/m1./s1. The number of nitrogens with zero attached hydrogens (tertiary/aromatic N) is 1. The van der Waals surface area contributed by atoms with E-state index in [0.29, 0.717) is 5.56 Å². The van der Waals surface area contributed by atoms with Gasteiger partial charge in [0.25, 0.3) is 0 Å². The van der Waals surface area contributed by atoms with Crippen LogP contribution in [0.5, 0.6) is 5.75 Å². The third kappa shape index (κ3) is 3.22. The van der Waals surface area contributed by atoms with E-state index in [9.17, 15) is 24.6 Å². The molecule has 1 aromatic carbocycles. The van der Waals surface area contributed by atoms with Gasteiger partial charge in [-0.3, -0.25) is 9.59 Å². The Morgan fingerprint density at radius 3 is 2.42 bits per heavy atom. The lowest BCUT2D eigenvalue weighted by Gasteiger charge is -2.43. The van der Waals surface area contributed by atoms with Crippen molar-refractivity contribution in [3.63, 3.8) is 0 Å². The molecule has 5 N–H and O–H groups in total. The number of halogens is 1. The average molecular weight is 402 g/mol. The zero-order chi connectivity index (χ0) is 18.5. The number of amides is 2. The van der Waals surface area contributed by atoms with Crippen molar-refractivity contribution in [3.05, 3.63) is 29.8 Å². The van der Waals surface area contributed by atoms with Gasteiger partial charge in [0, 0.05) is 4.75 Å². The van der Waals surface area contributed by atoms with Gasteiger partial charge in [-0.1, -0.05) is 12.1 Å². The normalized spacial score (nSPS) is 27.0. The van der Waals surface area contributed by atoms with Crippen molar-refractivity contribution in [2.75, 3.05) is 0 Å². The highest BCUT2D eigenvalue weighted by molar-refractivity contribution is 8.01. The summed E-state index contributed by atoms with van der Waals surface area (Å²) in [7, 11) is 0. The van der Waals surface area contributed by atoms with Crippen molar-refractivity contribution in [2.24, 2.45) is 5.73 Å². The molecule has 0 aromatic heterocycles. The molecular formula is C16H20ClN3O5S. The monoisotopic (exact) mass is 401 g/mol. The molecule has 0 saturated carbocycles. The van der Waals surface area contributed by atoms with E-state index in [-0.39, 0.29) is 18.2 Å². The second kappa shape index (κ2) is 6.98. The van der Waals surface area contributed by atoms with Gasteiger partial charge in [0.2, 0.25) is 11.8 Å². The first kappa shape index (κ1) is 20.3. The molecule has 2 saturated heterocycles. The number of β-lactam (4-membered cyclic amide) rings is 1. The van der Waals surface area contributed by atoms with E-state index in [4.69, 9.17) is 5.73 Å². The van der Waals surface area contributed by atoms with Gasteiger partial charge < -0.3 is 26.2 Å². The van der Waals surface area contributed by atoms with Gasteiger partial charge in [-0.25, -0.2) is 4.79 Å². The van der Waals surface area contributed by atoms with Crippen molar-refractivity contribution >= 4 is 42.0 Å². The SMILES string of the molecule is CC1(C)S[C@@H]2[C@H](NC(=O)[C@H](N)c3ccc(O)cc3)C(=O)N2[C@H]1C(=O)O.Cl. The third-order valence-corrected chi connectivity index (χ3v) is 6.08. The molecule has 26 heavy (non-hydrogen) atoms. The minimum atomic E-state index is -1.06. The Kier molecular flexibility index (Phi) is 5.46. The Hall–Kier alpha value is -1.97. The van der Waals surface area contributed by atoms with Gasteiger partial charge in [-0.05, 0) is 31.5 Å². The quantitative estimate of drug-likeness (QED) is 0.538. The van der Waals surface area contributed by atoms with E-state index >= 15 is 0 Å². The molecule has 0 bridgehead atoms. The molecule has 2 amide bonds. The maximum Gasteiger partial charge on any atom is 0.327 e. The number of carbonyl (C=O) groups is 3. The maximum atomic E-state index is 12.3. The van der Waals surface area contributed by atoms with Crippen LogP contribution in [0.4, 0.5) is 0 Å². The van der Waals surface area contributed by atoms with Crippen LogP contribution in [0, 0.1) is 0 Å². The van der Waals surface area contributed by atoms with Crippen LogP contribution in [0.25, 0.3) is 0 Å². The van der Waals surface area contributed by atoms with Gasteiger partial charge in [-0.15, -0.1) is 24.2 Å². The molecule has 142 valence electrons. The molecular weight excluding hydrogens is 382 g/mol. The summed E-state index contributed by atoms with van der Waals surface area (Å²) in [5.74, 6) is -1.94. The number of thioether (sulfide) groups is 1. The van der Waals surface area contributed by atoms with Crippen LogP contribution in [0.15, 0.2) is 24.3 Å². The molecule has 0 aliphatic carbocycles. The molecule has 2 heterocycles. The fraction of sp³-hybridized carbons (Fsp3) is 0.438. The van der Waals surface area contributed by atoms with Crippen LogP contribution in [0.1, 0.15) is 25.5 Å². The Bertz CT molecular complexity index is 742. The number of nitrogens with one attached hydrogen (secondary N) is 1. The molecule has 2 aliphatic heterocycles. The number of carboxylic acids is 1. The number of carbonyl (C=O) groups excluding carboxylic acids is 2. The smallest absolute Gasteiger partial charge is 0.327 e. The summed E-state index contributed by atoms with van der Waals surface area (Å²) in [5, 5.41) is 20.9. The molecule has 10 heteroatoms. The van der Waals surface area contributed by atoms with Gasteiger partial charge in [0.15, 0.2) is 0 Å². The first-order valence-electron chi connectivity index (χ1n) is 7.71. The van der Waals surface area contributed by atoms with Crippen molar-refractivity contribution in [1.82, 2.24) is 10.2 Å². The van der Waals surface area contributed by atoms with Gasteiger partial charge >= 0.3 is 5.97 Å². The number of phenols is 1. The number of benzene rings is 1. The van der Waals surface area contributed by atoms with E-state index in [2.05, 4.69) is 5.32 Å². The van der Waals surface area contributed by atoms with Crippen LogP contribution in [-0.2, 0) is 14.4 Å². The topological polar surface area (TPSA) is 133 Å². The number of rotatable bonds is 4. The zero-order valence-electron chi connectivity index (χ0n) is 14.1. The van der Waals surface area contributed by atoms with Crippen molar-refractivity contribution in [1.29, 1.82) is 0 Å². The molecule has 2 fully saturated rings. The number of phenolic OH excluding ortho intramolecular Hbond substituents is 1. The summed E-state index contributed by atoms with van der Waals surface area (Å²) in [5.41, 5.74) is 6.41. The zero-order valence-corrected chi connectivity index (χ0v) is 15.7. The molecule has 4 atom stereocenters. The summed E-state index contributed by atoms with van der Waals surface area (Å²) >= 11 is 1.35. The second-order valence-corrected chi connectivity index (χ2v) is 8.42. The highest BCUT2D eigenvalue weighted by Crippen LogP contribution is 2.50. The average Bonchev–Trinajstić information content (AvgIpc) is 2.80. The largest absolute Gasteiger partial charge is 0.508 e. The molecule has 3 rings (SSSR count). The minimum Gasteiger partial charge on any atom is -0.508 e. The van der Waals surface area contributed by atoms with Crippen LogP contribution >= 0.6 is 24.2 Å². The molecule has 8 nitrogen and oxygen atoms in total. The van der Waals surface area contributed by atoms with Crippen molar-refractivity contribution in [2.45, 2.75) is 42.1 Å². The Morgan fingerprint density at radius 2 is 1.88 bits per heavy atom. The lowest BCUT2D eigenvalue weighted by atomic mass is 9.95. The molecule has 1 aromatic rings. The number of fused-ring (bicyclic) bond motifs is 1. The Labute approximate surface area is 160 Å². The van der Waals surface area contributed by atoms with E-state index in [0.717, 1.165) is 0 Å². The lowest BCUT2D eigenvalue weighted by molar-refractivity contribution is -0.161. The van der Waals surface area contributed by atoms with E-state index in [1.807, 2.05) is 0 Å². The number of hydrogen-bond donors (Lipinski definition) is 4. The summed E-state index contributed by atoms with van der Waals surface area (Å²) in [6.45, 7) is 3.53. The fourth-order valence-electron chi connectivity index (χ4n) is 3.22. The number of aromatic hydroxyl groups is 1. The predicted octanol–water partition coefficient (Wildman–Crippen LogP) is 0.446. The van der Waals surface area contributed by atoms with Crippen LogP contribution in [-0.4, -0.2) is 55.1 Å². The molecule has 0 unspecified atom stereocenters. The maximum absolute atomic E-state index is 12.3. The third-order valence-electron chi connectivity index (χ3n) is 4.51. The summed E-state index contributed by atoms with van der Waals surface area (Å²) in [6, 6.07) is 3.21. The second-order valence-electron chi connectivity index (χ2n) is 6.65. The first-order chi connectivity index (χ1) is 11.6. The Balaban J connectivity index is 0.00000243. The van der Waals surface area contributed by atoms with E-state index < -0.39 is 46.0 Å². The Morgan fingerprint density at radius 1 is 1.31 bits per heavy atom. The number of carboxylic acid groups (broad SMARTS) is 1. The highest BCUT2D eigenvalue weighted by Gasteiger charge is 2.64. The highest BCUT2D eigenvalue weighted by atomic mass is 35.5. The number of nitrogens with two attached hydrogens (primary N) is 1. The number of aliphatic carboxylic acids is 1. The van der Waals surface area contributed by atoms with E-state index in [1.165, 1.54) is 40.9 Å². The molecule has 0 spiro atoms. The summed E-state index contributed by atoms with van der Waals surface area (Å²) < 4.78 is -0.648. The van der Waals surface area contributed by atoms with E-state index in [1.54, 1.807) is 13.8 Å². The van der Waals surface area contributed by atoms with Gasteiger partial charge in [0.1, 0.15) is 29.2 Å².